The number of aliphatic hydroxyl groups is 1. The van der Waals surface area contributed by atoms with Crippen molar-refractivity contribution in [3.63, 3.8) is 0 Å². The van der Waals surface area contributed by atoms with Gasteiger partial charge in [-0.25, -0.2) is 4.57 Å². The second-order valence-electron chi connectivity index (χ2n) is 10.8. The van der Waals surface area contributed by atoms with E-state index in [9.17, 15) is 19.4 Å². The van der Waals surface area contributed by atoms with Crippen LogP contribution in [-0.4, -0.2) is 73.4 Å². The van der Waals surface area contributed by atoms with Crippen molar-refractivity contribution >= 4 is 13.7 Å². The number of hydrogen-bond donors (Lipinski definition) is 3. The van der Waals surface area contributed by atoms with E-state index in [1.807, 2.05) is 27.2 Å². The predicted octanol–water partition coefficient (Wildman–Crippen LogP) is 5.90. The van der Waals surface area contributed by atoms with Gasteiger partial charge in [-0.3, -0.25) is 13.8 Å². The van der Waals surface area contributed by atoms with E-state index >= 15 is 0 Å². The number of allylic oxidation sites excluding steroid dienone is 3. The molecule has 218 valence electrons. The zero-order chi connectivity index (χ0) is 28.0. The molecule has 0 fully saturated rings. The molecule has 0 aromatic carbocycles. The molecule has 0 rings (SSSR count). The van der Waals surface area contributed by atoms with Crippen LogP contribution >= 0.6 is 7.82 Å². The Bertz CT molecular complexity index is 678. The number of carbonyl (C=O) groups is 1. The summed E-state index contributed by atoms with van der Waals surface area (Å²) in [7, 11) is 1.54. The van der Waals surface area contributed by atoms with Gasteiger partial charge in [-0.15, -0.1) is 0 Å². The van der Waals surface area contributed by atoms with Crippen molar-refractivity contribution in [2.75, 3.05) is 40.9 Å². The number of aliphatic hydroxyl groups excluding tert-OH is 1. The van der Waals surface area contributed by atoms with Crippen molar-refractivity contribution in [2.45, 2.75) is 109 Å². The number of hydrogen-bond acceptors (Lipinski definition) is 5. The summed E-state index contributed by atoms with van der Waals surface area (Å²) in [4.78, 5) is 22.6. The van der Waals surface area contributed by atoms with Crippen LogP contribution in [0.2, 0.25) is 0 Å². The zero-order valence-corrected chi connectivity index (χ0v) is 25.1. The third-order valence-corrected chi connectivity index (χ3v) is 6.91. The van der Waals surface area contributed by atoms with Gasteiger partial charge in [0.15, 0.2) is 0 Å². The van der Waals surface area contributed by atoms with Gasteiger partial charge in [0.25, 0.3) is 0 Å². The first kappa shape index (κ1) is 36.0. The van der Waals surface area contributed by atoms with E-state index in [2.05, 4.69) is 31.3 Å². The number of amides is 1. The fourth-order valence-electron chi connectivity index (χ4n) is 3.52. The van der Waals surface area contributed by atoms with Crippen LogP contribution in [0, 0.1) is 0 Å². The van der Waals surface area contributed by atoms with Crippen LogP contribution in [0.5, 0.6) is 0 Å². The monoisotopic (exact) mass is 547 g/mol. The molecule has 8 nitrogen and oxygen atoms in total. The summed E-state index contributed by atoms with van der Waals surface area (Å²) in [5.74, 6) is -0.203. The molecule has 0 radical (unpaired) electrons. The molecule has 0 aliphatic heterocycles. The molecule has 0 heterocycles. The SMILES string of the molecule is CCCCC/C=C/CC/C=C/C(O)C(COP(=O)(O)OCC[N+](C)(C)C)NC(=O)CCCCCCCC. The van der Waals surface area contributed by atoms with Crippen molar-refractivity contribution in [1.29, 1.82) is 0 Å². The van der Waals surface area contributed by atoms with Crippen molar-refractivity contribution < 1.29 is 32.9 Å². The van der Waals surface area contributed by atoms with E-state index in [4.69, 9.17) is 9.05 Å². The average molecular weight is 548 g/mol. The predicted molar refractivity (Wildman–Crippen MR) is 152 cm³/mol. The molecular formula is C28H56N2O6P+. The van der Waals surface area contributed by atoms with Crippen LogP contribution in [0.1, 0.15) is 97.3 Å². The Morgan fingerprint density at radius 1 is 0.892 bits per heavy atom. The van der Waals surface area contributed by atoms with Gasteiger partial charge in [-0.05, 0) is 32.1 Å². The van der Waals surface area contributed by atoms with E-state index in [1.54, 1.807) is 6.08 Å². The van der Waals surface area contributed by atoms with E-state index in [0.717, 1.165) is 38.5 Å². The van der Waals surface area contributed by atoms with Crippen LogP contribution < -0.4 is 5.32 Å². The number of phosphoric acid groups is 1. The third-order valence-electron chi connectivity index (χ3n) is 5.92. The van der Waals surface area contributed by atoms with E-state index in [-0.39, 0.29) is 19.1 Å². The molecule has 0 saturated carbocycles. The van der Waals surface area contributed by atoms with E-state index in [0.29, 0.717) is 17.4 Å². The van der Waals surface area contributed by atoms with Gasteiger partial charge in [0, 0.05) is 6.42 Å². The van der Waals surface area contributed by atoms with Crippen molar-refractivity contribution in [3.8, 4) is 0 Å². The maximum Gasteiger partial charge on any atom is 0.472 e. The number of rotatable bonds is 24. The number of quaternary nitrogens is 1. The minimum Gasteiger partial charge on any atom is -0.387 e. The minimum atomic E-state index is -4.31. The zero-order valence-electron chi connectivity index (χ0n) is 24.2. The summed E-state index contributed by atoms with van der Waals surface area (Å²) in [6.07, 6.45) is 19.9. The number of unbranched alkanes of at least 4 members (excludes halogenated alkanes) is 9. The second-order valence-corrected chi connectivity index (χ2v) is 12.2. The number of nitrogens with one attached hydrogen (secondary N) is 1. The first-order chi connectivity index (χ1) is 17.5. The van der Waals surface area contributed by atoms with E-state index < -0.39 is 20.0 Å². The molecule has 3 atom stereocenters. The molecule has 0 aliphatic carbocycles. The first-order valence-electron chi connectivity index (χ1n) is 14.2. The molecule has 0 spiro atoms. The van der Waals surface area contributed by atoms with Crippen molar-refractivity contribution in [1.82, 2.24) is 5.32 Å². The topological polar surface area (TPSA) is 105 Å². The maximum atomic E-state index is 12.5. The van der Waals surface area contributed by atoms with Gasteiger partial charge >= 0.3 is 7.82 Å². The number of nitrogens with zero attached hydrogens (tertiary/aromatic N) is 1. The summed E-state index contributed by atoms with van der Waals surface area (Å²) in [6, 6.07) is -0.851. The van der Waals surface area contributed by atoms with Gasteiger partial charge in [0.05, 0.1) is 39.9 Å². The summed E-state index contributed by atoms with van der Waals surface area (Å²) in [6.45, 7) is 4.61. The van der Waals surface area contributed by atoms with Crippen molar-refractivity contribution in [2.24, 2.45) is 0 Å². The first-order valence-corrected chi connectivity index (χ1v) is 15.7. The lowest BCUT2D eigenvalue weighted by Gasteiger charge is -2.25. The molecule has 0 saturated heterocycles. The Hall–Kier alpha value is -1.02. The molecule has 0 aromatic heterocycles. The molecule has 3 unspecified atom stereocenters. The lowest BCUT2D eigenvalue weighted by Crippen LogP contribution is -2.45. The Morgan fingerprint density at radius 2 is 1.49 bits per heavy atom. The van der Waals surface area contributed by atoms with Gasteiger partial charge in [-0.1, -0.05) is 83.1 Å². The molecule has 37 heavy (non-hydrogen) atoms. The summed E-state index contributed by atoms with van der Waals surface area (Å²) >= 11 is 0. The summed E-state index contributed by atoms with van der Waals surface area (Å²) in [5.41, 5.74) is 0. The summed E-state index contributed by atoms with van der Waals surface area (Å²) in [5, 5.41) is 13.5. The normalized spacial score (nSPS) is 15.8. The van der Waals surface area contributed by atoms with Crippen LogP contribution in [0.15, 0.2) is 24.3 Å². The standard InChI is InChI=1S/C28H55N2O6P/c1-6-8-10-12-14-15-16-17-19-21-27(31)26(29-28(32)22-20-18-13-11-9-7-2)25-36-37(33,34)35-24-23-30(3,4)5/h14-15,19,21,26-27,31H,6-13,16-18,20,22-25H2,1-5H3,(H-,29,32,33,34)/p+1/b15-14+,21-19+. The Labute approximate surface area is 226 Å². The van der Waals surface area contributed by atoms with Gasteiger partial charge in [0.2, 0.25) is 5.91 Å². The number of likely N-dealkylation sites (N-methyl/N-ethyl adjacent to an activating group) is 1. The fraction of sp³-hybridized carbons (Fsp3) is 0.821. The van der Waals surface area contributed by atoms with Gasteiger partial charge in [-0.2, -0.15) is 0 Å². The molecule has 9 heteroatoms. The molecule has 1 amide bonds. The molecular weight excluding hydrogens is 491 g/mol. The largest absolute Gasteiger partial charge is 0.472 e. The fourth-order valence-corrected chi connectivity index (χ4v) is 4.26. The highest BCUT2D eigenvalue weighted by Gasteiger charge is 2.27. The Morgan fingerprint density at radius 3 is 2.16 bits per heavy atom. The Balaban J connectivity index is 4.80. The molecule has 0 aromatic rings. The third kappa shape index (κ3) is 23.8. The smallest absolute Gasteiger partial charge is 0.387 e. The van der Waals surface area contributed by atoms with Crippen LogP contribution in [0.3, 0.4) is 0 Å². The average Bonchev–Trinajstić information content (AvgIpc) is 2.81. The van der Waals surface area contributed by atoms with Crippen LogP contribution in [0.25, 0.3) is 0 Å². The van der Waals surface area contributed by atoms with Crippen molar-refractivity contribution in [3.05, 3.63) is 24.3 Å². The molecule has 0 aliphatic rings. The highest BCUT2D eigenvalue weighted by molar-refractivity contribution is 7.47. The lowest BCUT2D eigenvalue weighted by molar-refractivity contribution is -0.870. The maximum absolute atomic E-state index is 12.5. The van der Waals surface area contributed by atoms with Gasteiger partial charge < -0.3 is 19.8 Å². The van der Waals surface area contributed by atoms with Crippen LogP contribution in [-0.2, 0) is 18.4 Å². The van der Waals surface area contributed by atoms with Gasteiger partial charge in [0.1, 0.15) is 13.2 Å². The van der Waals surface area contributed by atoms with E-state index in [1.165, 1.54) is 38.5 Å². The number of carbonyl (C=O) groups excluding carboxylic acids is 1. The molecule has 3 N–H and O–H groups in total. The van der Waals surface area contributed by atoms with Crippen LogP contribution in [0.4, 0.5) is 0 Å². The summed E-state index contributed by atoms with van der Waals surface area (Å²) < 4.78 is 23.1. The quantitative estimate of drug-likeness (QED) is 0.0602. The number of phosphoric ester groups is 1. The highest BCUT2D eigenvalue weighted by Crippen LogP contribution is 2.43. The lowest BCUT2D eigenvalue weighted by atomic mass is 10.1. The molecule has 0 bridgehead atoms. The minimum absolute atomic E-state index is 0.0563. The Kier molecular flexibility index (Phi) is 21.3. The second kappa shape index (κ2) is 21.9. The highest BCUT2D eigenvalue weighted by atomic mass is 31.2.